The van der Waals surface area contributed by atoms with Crippen LogP contribution in [-0.4, -0.2) is 32.0 Å². The van der Waals surface area contributed by atoms with Crippen LogP contribution >= 0.6 is 0 Å². The second-order valence-electron chi connectivity index (χ2n) is 17.5. The summed E-state index contributed by atoms with van der Waals surface area (Å²) in [5, 5.41) is 0. The molecule has 336 valence electrons. The van der Waals surface area contributed by atoms with E-state index in [1.54, 1.807) is 0 Å². The number of rotatable bonds is 32. The Morgan fingerprint density at radius 3 is 1.02 bits per heavy atom. The minimum Gasteiger partial charge on any atom is -0.274 e. The van der Waals surface area contributed by atoms with Crippen LogP contribution in [0.5, 0.6) is 0 Å². The lowest BCUT2D eigenvalue weighted by atomic mass is 10.0. The Morgan fingerprint density at radius 1 is 0.443 bits per heavy atom. The van der Waals surface area contributed by atoms with Crippen LogP contribution < -0.4 is 9.80 Å². The predicted octanol–water partition coefficient (Wildman–Crippen LogP) is 13.6. The van der Waals surface area contributed by atoms with E-state index in [0.29, 0.717) is 11.4 Å². The Bertz CT molecular complexity index is 1670. The third kappa shape index (κ3) is 16.4. The molecule has 0 aliphatic carbocycles. The summed E-state index contributed by atoms with van der Waals surface area (Å²) in [6.07, 6.45) is 40.6. The van der Waals surface area contributed by atoms with Gasteiger partial charge in [-0.15, -0.1) is 0 Å². The molecule has 61 heavy (non-hydrogen) atoms. The third-order valence-electron chi connectivity index (χ3n) is 12.4. The summed E-state index contributed by atoms with van der Waals surface area (Å²) in [6.45, 7) is 4.50. The fourth-order valence-corrected chi connectivity index (χ4v) is 9.83. The molecule has 0 radical (unpaired) electrons. The van der Waals surface area contributed by atoms with Crippen molar-refractivity contribution in [1.82, 2.24) is 0 Å². The second kappa shape index (κ2) is 28.0. The predicted molar refractivity (Wildman–Crippen MR) is 249 cm³/mol. The molecule has 4 amide bonds. The maximum atomic E-state index is 13.6. The molecule has 0 aromatic heterocycles. The number of nitrogens with zero attached hydrogens (tertiary/aromatic N) is 2. The lowest BCUT2D eigenvalue weighted by Gasteiger charge is -2.16. The molecular formula is C52H76N2O6S. The van der Waals surface area contributed by atoms with E-state index < -0.39 is 21.7 Å². The molecule has 2 unspecified atom stereocenters. The molecule has 2 saturated heterocycles. The van der Waals surface area contributed by atoms with E-state index in [4.69, 9.17) is 0 Å². The summed E-state index contributed by atoms with van der Waals surface area (Å²) in [7, 11) is -3.96. The van der Waals surface area contributed by atoms with Crippen molar-refractivity contribution in [3.8, 4) is 0 Å². The van der Waals surface area contributed by atoms with Crippen molar-refractivity contribution in [3.05, 3.63) is 72.8 Å². The minimum atomic E-state index is -3.96. The summed E-state index contributed by atoms with van der Waals surface area (Å²) >= 11 is 0. The molecule has 0 bridgehead atoms. The molecule has 9 heteroatoms. The highest BCUT2D eigenvalue weighted by Gasteiger charge is 2.39. The molecule has 2 aromatic rings. The lowest BCUT2D eigenvalue weighted by Crippen LogP contribution is -2.30. The first-order valence-corrected chi connectivity index (χ1v) is 25.7. The van der Waals surface area contributed by atoms with Crippen LogP contribution in [-0.2, 0) is 29.0 Å². The maximum Gasteiger partial charge on any atom is 0.241 e. The number of hydrogen-bond acceptors (Lipinski definition) is 6. The molecule has 4 rings (SSSR count). The van der Waals surface area contributed by atoms with Gasteiger partial charge >= 0.3 is 0 Å². The Balaban J connectivity index is 1.16. The molecule has 0 spiro atoms. The number of anilines is 2. The molecule has 0 N–H and O–H groups in total. The maximum absolute atomic E-state index is 13.6. The Kier molecular flexibility index (Phi) is 22.8. The molecule has 2 heterocycles. The second-order valence-corrected chi connectivity index (χ2v) is 19.4. The van der Waals surface area contributed by atoms with Gasteiger partial charge in [-0.1, -0.05) is 179 Å². The van der Waals surface area contributed by atoms with Crippen LogP contribution in [0.4, 0.5) is 11.4 Å². The summed E-state index contributed by atoms with van der Waals surface area (Å²) in [5.74, 6) is -2.25. The van der Waals surface area contributed by atoms with Crippen molar-refractivity contribution in [3.63, 3.8) is 0 Å². The van der Waals surface area contributed by atoms with Gasteiger partial charge in [0.1, 0.15) is 0 Å². The van der Waals surface area contributed by atoms with Crippen molar-refractivity contribution in [2.24, 2.45) is 11.8 Å². The van der Waals surface area contributed by atoms with Crippen molar-refractivity contribution < 1.29 is 27.6 Å². The monoisotopic (exact) mass is 857 g/mol. The van der Waals surface area contributed by atoms with Gasteiger partial charge in [0.15, 0.2) is 0 Å². The van der Waals surface area contributed by atoms with Crippen molar-refractivity contribution in [2.75, 3.05) is 9.80 Å². The van der Waals surface area contributed by atoms with E-state index in [2.05, 4.69) is 13.8 Å². The minimum absolute atomic E-state index is 0.00800. The number of benzene rings is 2. The molecule has 0 saturated carbocycles. The highest BCUT2D eigenvalue weighted by atomic mass is 32.2. The first kappa shape index (κ1) is 49.8. The molecule has 2 aliphatic rings. The summed E-state index contributed by atoms with van der Waals surface area (Å²) in [5.41, 5.74) is 0.676. The van der Waals surface area contributed by atoms with Crippen LogP contribution in [0.3, 0.4) is 0 Å². The highest BCUT2D eigenvalue weighted by Crippen LogP contribution is 2.32. The average Bonchev–Trinajstić information content (AvgIpc) is 3.71. The van der Waals surface area contributed by atoms with Crippen molar-refractivity contribution >= 4 is 44.8 Å². The standard InChI is InChI=1S/C52H76N2O6S/c1-3-5-7-9-11-13-15-17-19-21-23-25-27-29-31-43-41-49(55)53(51(43)57)45-33-37-47(38-34-45)61(59,60)48-39-35-46(36-40-48)54-50(56)42-44(52(54)58)32-30-28-26-24-22-20-18-16-14-12-10-8-6-4-2/h29-40,43-44H,3-28,41-42H2,1-2H3/b31-29+,32-30+. The van der Waals surface area contributed by atoms with Gasteiger partial charge in [-0.2, -0.15) is 0 Å². The van der Waals surface area contributed by atoms with Gasteiger partial charge in [0.05, 0.1) is 33.0 Å². The largest absolute Gasteiger partial charge is 0.274 e. The normalized spacial score (nSPS) is 17.3. The fraction of sp³-hybridized carbons (Fsp3) is 0.615. The lowest BCUT2D eigenvalue weighted by molar-refractivity contribution is -0.123. The quantitative estimate of drug-likeness (QED) is 0.0412. The van der Waals surface area contributed by atoms with Gasteiger partial charge in [-0.25, -0.2) is 8.42 Å². The molecule has 2 fully saturated rings. The first-order chi connectivity index (χ1) is 29.7. The molecular weight excluding hydrogens is 781 g/mol. The topological polar surface area (TPSA) is 109 Å². The SMILES string of the molecule is CCCCCCCCCCCCCC/C=C/C1CC(=O)N(c2ccc(S(=O)(=O)c3ccc(N4C(=O)CC(/C=C/CCCCCCCCCCCCCC)C4=O)cc3)cc2)C1=O. The Morgan fingerprint density at radius 2 is 0.721 bits per heavy atom. The van der Waals surface area contributed by atoms with Gasteiger partial charge in [-0.3, -0.25) is 29.0 Å². The van der Waals surface area contributed by atoms with E-state index in [-0.39, 0.29) is 46.3 Å². The number of hydrogen-bond donors (Lipinski definition) is 0. The number of carbonyl (C=O) groups excluding carboxylic acids is 4. The van der Waals surface area contributed by atoms with Crippen molar-refractivity contribution in [2.45, 2.75) is 203 Å². The van der Waals surface area contributed by atoms with Crippen molar-refractivity contribution in [1.29, 1.82) is 0 Å². The van der Waals surface area contributed by atoms with Crippen LogP contribution in [0.1, 0.15) is 194 Å². The smallest absolute Gasteiger partial charge is 0.241 e. The fourth-order valence-electron chi connectivity index (χ4n) is 8.57. The third-order valence-corrected chi connectivity index (χ3v) is 14.1. The zero-order chi connectivity index (χ0) is 43.7. The van der Waals surface area contributed by atoms with E-state index in [9.17, 15) is 27.6 Å². The van der Waals surface area contributed by atoms with E-state index in [1.165, 1.54) is 190 Å². The van der Waals surface area contributed by atoms with E-state index in [1.807, 2.05) is 24.3 Å². The number of unbranched alkanes of at least 4 members (excludes halogenated alkanes) is 24. The number of amides is 4. The van der Waals surface area contributed by atoms with Crippen LogP contribution in [0.2, 0.25) is 0 Å². The summed E-state index contributed by atoms with van der Waals surface area (Å²) in [4.78, 5) is 54.6. The molecule has 2 aliphatic heterocycles. The van der Waals surface area contributed by atoms with Gasteiger partial charge < -0.3 is 0 Å². The number of sulfone groups is 1. The van der Waals surface area contributed by atoms with Gasteiger partial charge in [0.25, 0.3) is 0 Å². The van der Waals surface area contributed by atoms with Gasteiger partial charge in [0.2, 0.25) is 33.5 Å². The zero-order valence-corrected chi connectivity index (χ0v) is 38.5. The summed E-state index contributed by atoms with van der Waals surface area (Å²) in [6, 6.07) is 11.6. The van der Waals surface area contributed by atoms with E-state index in [0.717, 1.165) is 35.5 Å². The summed E-state index contributed by atoms with van der Waals surface area (Å²) < 4.78 is 27.1. The number of allylic oxidation sites excluding steroid dienone is 2. The van der Waals surface area contributed by atoms with Crippen LogP contribution in [0.25, 0.3) is 0 Å². The molecule has 2 atom stereocenters. The van der Waals surface area contributed by atoms with Crippen LogP contribution in [0.15, 0.2) is 82.6 Å². The average molecular weight is 857 g/mol. The Hall–Kier alpha value is -3.85. The molecule has 8 nitrogen and oxygen atoms in total. The zero-order valence-electron chi connectivity index (χ0n) is 37.6. The number of imide groups is 2. The Labute approximate surface area is 368 Å². The van der Waals surface area contributed by atoms with E-state index >= 15 is 0 Å². The number of carbonyl (C=O) groups is 4. The van der Waals surface area contributed by atoms with Crippen LogP contribution in [0, 0.1) is 11.8 Å². The van der Waals surface area contributed by atoms with Gasteiger partial charge in [0, 0.05) is 12.8 Å². The van der Waals surface area contributed by atoms with Gasteiger partial charge in [-0.05, 0) is 74.2 Å². The highest BCUT2D eigenvalue weighted by molar-refractivity contribution is 7.91. The first-order valence-electron chi connectivity index (χ1n) is 24.2. The molecule has 2 aromatic carbocycles.